The third-order valence-corrected chi connectivity index (χ3v) is 3.08. The first kappa shape index (κ1) is 12.3. The molecule has 2 rings (SSSR count). The maximum Gasteiger partial charge on any atom is 0.355 e. The van der Waals surface area contributed by atoms with E-state index in [-0.39, 0.29) is 16.7 Å². The molecule has 1 unspecified atom stereocenters. The van der Waals surface area contributed by atoms with E-state index < -0.39 is 11.9 Å². The van der Waals surface area contributed by atoms with Crippen LogP contribution in [0.4, 0.5) is 0 Å². The van der Waals surface area contributed by atoms with Crippen molar-refractivity contribution in [1.29, 1.82) is 0 Å². The minimum Gasteiger partial charge on any atom is -0.476 e. The average molecular weight is 266 g/mol. The van der Waals surface area contributed by atoms with Crippen LogP contribution in [0, 0.1) is 0 Å². The van der Waals surface area contributed by atoms with Crippen molar-refractivity contribution in [2.45, 2.75) is 13.0 Å². The summed E-state index contributed by atoms with van der Waals surface area (Å²) in [6, 6.07) is 3.17. The topological polar surface area (TPSA) is 92.4 Å². The van der Waals surface area contributed by atoms with Crippen LogP contribution in [0.2, 0.25) is 0 Å². The number of hydrogen-bond acceptors (Lipinski definition) is 5. The summed E-state index contributed by atoms with van der Waals surface area (Å²) in [5, 5.41) is 12.8. The van der Waals surface area contributed by atoms with Crippen molar-refractivity contribution in [3.8, 4) is 0 Å². The van der Waals surface area contributed by atoms with Gasteiger partial charge in [0.15, 0.2) is 10.7 Å². The molecule has 0 aromatic carbocycles. The van der Waals surface area contributed by atoms with Gasteiger partial charge in [0.25, 0.3) is 5.91 Å². The molecule has 0 aliphatic carbocycles. The number of carbonyl (C=O) groups excluding carboxylic acids is 1. The monoisotopic (exact) mass is 266 g/mol. The maximum absolute atomic E-state index is 11.8. The number of amides is 1. The number of furan rings is 1. The number of carbonyl (C=O) groups is 2. The van der Waals surface area contributed by atoms with E-state index in [2.05, 4.69) is 10.3 Å². The Bertz CT molecular complexity index is 561. The lowest BCUT2D eigenvalue weighted by atomic mass is 10.2. The Hall–Kier alpha value is -2.15. The number of carboxylic acid groups (broad SMARTS) is 1. The number of aromatic carboxylic acids is 1. The number of rotatable bonds is 4. The van der Waals surface area contributed by atoms with Crippen molar-refractivity contribution in [3.05, 3.63) is 40.2 Å². The first-order chi connectivity index (χ1) is 8.58. The van der Waals surface area contributed by atoms with Crippen LogP contribution in [-0.2, 0) is 0 Å². The molecule has 0 saturated heterocycles. The predicted molar refractivity (Wildman–Crippen MR) is 63.7 cm³/mol. The molecule has 0 aliphatic heterocycles. The van der Waals surface area contributed by atoms with Gasteiger partial charge in [-0.3, -0.25) is 4.79 Å². The Morgan fingerprint density at radius 2 is 2.33 bits per heavy atom. The fourth-order valence-electron chi connectivity index (χ4n) is 1.34. The summed E-state index contributed by atoms with van der Waals surface area (Å²) >= 11 is 0.991. The van der Waals surface area contributed by atoms with Gasteiger partial charge in [0.2, 0.25) is 0 Å². The second-order valence-corrected chi connectivity index (χ2v) is 4.41. The molecular weight excluding hydrogens is 256 g/mol. The van der Waals surface area contributed by atoms with E-state index in [1.54, 1.807) is 19.1 Å². The van der Waals surface area contributed by atoms with Gasteiger partial charge in [0.1, 0.15) is 5.76 Å². The second kappa shape index (κ2) is 5.01. The van der Waals surface area contributed by atoms with Gasteiger partial charge >= 0.3 is 5.97 Å². The molecule has 6 nitrogen and oxygen atoms in total. The molecule has 2 N–H and O–H groups in total. The molecule has 7 heteroatoms. The van der Waals surface area contributed by atoms with E-state index in [9.17, 15) is 9.59 Å². The standard InChI is InChI=1S/C11H10N2O4S/c1-6(8-3-2-4-17-8)12-9(14)10-13-7(5-18-10)11(15)16/h2-6H,1H3,(H,12,14)(H,15,16). The minimum absolute atomic E-state index is 0.116. The van der Waals surface area contributed by atoms with Gasteiger partial charge < -0.3 is 14.8 Å². The molecular formula is C11H10N2O4S. The molecule has 0 aliphatic rings. The quantitative estimate of drug-likeness (QED) is 0.882. The Morgan fingerprint density at radius 1 is 1.56 bits per heavy atom. The van der Waals surface area contributed by atoms with Crippen LogP contribution in [-0.4, -0.2) is 22.0 Å². The van der Waals surface area contributed by atoms with Crippen LogP contribution in [0.3, 0.4) is 0 Å². The highest BCUT2D eigenvalue weighted by atomic mass is 32.1. The van der Waals surface area contributed by atoms with Crippen LogP contribution in [0.25, 0.3) is 0 Å². The molecule has 0 saturated carbocycles. The largest absolute Gasteiger partial charge is 0.476 e. The van der Waals surface area contributed by atoms with Crippen molar-refractivity contribution < 1.29 is 19.1 Å². The van der Waals surface area contributed by atoms with Gasteiger partial charge in [0, 0.05) is 5.38 Å². The lowest BCUT2D eigenvalue weighted by Crippen LogP contribution is -2.26. The van der Waals surface area contributed by atoms with Gasteiger partial charge in [-0.15, -0.1) is 11.3 Å². The molecule has 0 fully saturated rings. The molecule has 1 atom stereocenters. The van der Waals surface area contributed by atoms with E-state index in [0.29, 0.717) is 5.76 Å². The van der Waals surface area contributed by atoms with E-state index in [0.717, 1.165) is 11.3 Å². The van der Waals surface area contributed by atoms with Gasteiger partial charge in [-0.05, 0) is 19.1 Å². The van der Waals surface area contributed by atoms with Crippen LogP contribution >= 0.6 is 11.3 Å². The van der Waals surface area contributed by atoms with Crippen molar-refractivity contribution in [3.63, 3.8) is 0 Å². The first-order valence-electron chi connectivity index (χ1n) is 5.11. The normalized spacial score (nSPS) is 12.1. The molecule has 0 spiro atoms. The summed E-state index contributed by atoms with van der Waals surface area (Å²) in [5.74, 6) is -0.945. The lowest BCUT2D eigenvalue weighted by Gasteiger charge is -2.09. The SMILES string of the molecule is CC(NC(=O)c1nc(C(=O)O)cs1)c1ccco1. The lowest BCUT2D eigenvalue weighted by molar-refractivity contribution is 0.0691. The third-order valence-electron chi connectivity index (χ3n) is 2.24. The van der Waals surface area contributed by atoms with Crippen LogP contribution in [0.15, 0.2) is 28.2 Å². The number of nitrogens with zero attached hydrogens (tertiary/aromatic N) is 1. The summed E-state index contributed by atoms with van der Waals surface area (Å²) < 4.78 is 5.15. The van der Waals surface area contributed by atoms with Crippen molar-refractivity contribution >= 4 is 23.2 Å². The Balaban J connectivity index is 2.05. The minimum atomic E-state index is -1.15. The highest BCUT2D eigenvalue weighted by Gasteiger charge is 2.18. The molecule has 2 aromatic rings. The molecule has 0 radical (unpaired) electrons. The van der Waals surface area contributed by atoms with Crippen LogP contribution < -0.4 is 5.32 Å². The van der Waals surface area contributed by atoms with E-state index in [1.807, 2.05) is 0 Å². The number of nitrogens with one attached hydrogen (secondary N) is 1. The van der Waals surface area contributed by atoms with E-state index in [4.69, 9.17) is 9.52 Å². The fourth-order valence-corrected chi connectivity index (χ4v) is 2.04. The number of thiazole rings is 1. The third kappa shape index (κ3) is 2.57. The van der Waals surface area contributed by atoms with Crippen molar-refractivity contribution in [2.24, 2.45) is 0 Å². The zero-order valence-corrected chi connectivity index (χ0v) is 10.2. The van der Waals surface area contributed by atoms with Gasteiger partial charge in [-0.25, -0.2) is 9.78 Å². The molecule has 2 heterocycles. The van der Waals surface area contributed by atoms with Gasteiger partial charge in [-0.1, -0.05) is 0 Å². The molecule has 1 amide bonds. The summed E-state index contributed by atoms with van der Waals surface area (Å²) in [4.78, 5) is 26.2. The Morgan fingerprint density at radius 3 is 2.89 bits per heavy atom. The first-order valence-corrected chi connectivity index (χ1v) is 5.99. The molecule has 94 valence electrons. The summed E-state index contributed by atoms with van der Waals surface area (Å²) in [5.41, 5.74) is -0.129. The Labute approximate surface area is 106 Å². The van der Waals surface area contributed by atoms with Gasteiger partial charge in [-0.2, -0.15) is 0 Å². The predicted octanol–water partition coefficient (Wildman–Crippen LogP) is 1.93. The number of hydrogen-bond donors (Lipinski definition) is 2. The number of carboxylic acids is 1. The zero-order chi connectivity index (χ0) is 13.1. The van der Waals surface area contributed by atoms with Gasteiger partial charge in [0.05, 0.1) is 12.3 Å². The van der Waals surface area contributed by atoms with Crippen LogP contribution in [0.1, 0.15) is 39.0 Å². The Kier molecular flexibility index (Phi) is 3.42. The van der Waals surface area contributed by atoms with Crippen molar-refractivity contribution in [2.75, 3.05) is 0 Å². The smallest absolute Gasteiger partial charge is 0.355 e. The number of aromatic nitrogens is 1. The van der Waals surface area contributed by atoms with Crippen molar-refractivity contribution in [1.82, 2.24) is 10.3 Å². The maximum atomic E-state index is 11.8. The summed E-state index contributed by atoms with van der Waals surface area (Å²) in [6.07, 6.45) is 1.52. The summed E-state index contributed by atoms with van der Waals surface area (Å²) in [6.45, 7) is 1.77. The zero-order valence-electron chi connectivity index (χ0n) is 9.41. The highest BCUT2D eigenvalue weighted by Crippen LogP contribution is 2.15. The molecule has 18 heavy (non-hydrogen) atoms. The second-order valence-electron chi connectivity index (χ2n) is 3.55. The molecule has 0 bridgehead atoms. The van der Waals surface area contributed by atoms with E-state index >= 15 is 0 Å². The highest BCUT2D eigenvalue weighted by molar-refractivity contribution is 7.11. The summed E-state index contributed by atoms with van der Waals surface area (Å²) in [7, 11) is 0. The molecule has 2 aromatic heterocycles. The average Bonchev–Trinajstić information content (AvgIpc) is 3.00. The van der Waals surface area contributed by atoms with Crippen LogP contribution in [0.5, 0.6) is 0 Å². The van der Waals surface area contributed by atoms with E-state index in [1.165, 1.54) is 11.6 Å². The fraction of sp³-hybridized carbons (Fsp3) is 0.182.